The highest BCUT2D eigenvalue weighted by molar-refractivity contribution is 7.89. The fourth-order valence-electron chi connectivity index (χ4n) is 1.42. The molecule has 0 spiro atoms. The van der Waals surface area contributed by atoms with Crippen LogP contribution in [0.15, 0.2) is 29.2 Å². The molecule has 0 fully saturated rings. The molecule has 0 radical (unpaired) electrons. The van der Waals surface area contributed by atoms with Crippen molar-refractivity contribution in [2.75, 3.05) is 13.2 Å². The molecule has 118 valence electrons. The Labute approximate surface area is 125 Å². The Hall–Kier alpha value is -1.60. The molecule has 1 atom stereocenters. The van der Waals surface area contributed by atoms with Gasteiger partial charge in [0.05, 0.1) is 4.90 Å². The van der Waals surface area contributed by atoms with E-state index in [2.05, 4.69) is 4.72 Å². The summed E-state index contributed by atoms with van der Waals surface area (Å²) in [5.74, 6) is -0.152. The first-order chi connectivity index (χ1) is 9.72. The summed E-state index contributed by atoms with van der Waals surface area (Å²) in [5, 5.41) is 8.49. The van der Waals surface area contributed by atoms with Crippen LogP contribution in [0.3, 0.4) is 0 Å². The lowest BCUT2D eigenvalue weighted by molar-refractivity contribution is -0.139. The van der Waals surface area contributed by atoms with Crippen molar-refractivity contribution in [3.63, 3.8) is 0 Å². The lowest BCUT2D eigenvalue weighted by atomic mass is 9.99. The molecule has 21 heavy (non-hydrogen) atoms. The molecule has 0 saturated heterocycles. The molecule has 0 saturated carbocycles. The zero-order chi connectivity index (χ0) is 16.0. The smallest absolute Gasteiger partial charge is 0.341 e. The van der Waals surface area contributed by atoms with Crippen molar-refractivity contribution in [2.45, 2.75) is 25.7 Å². The number of carboxylic acids is 1. The number of hydrogen-bond donors (Lipinski definition) is 2. The molecule has 0 aromatic heterocycles. The Morgan fingerprint density at radius 3 is 2.29 bits per heavy atom. The summed E-state index contributed by atoms with van der Waals surface area (Å²) in [4.78, 5) is 10.5. The predicted octanol–water partition coefficient (Wildman–Crippen LogP) is 1.72. The van der Waals surface area contributed by atoms with Gasteiger partial charge in [0.1, 0.15) is 5.75 Å². The number of aliphatic carboxylic acids is 1. The van der Waals surface area contributed by atoms with Gasteiger partial charge < -0.3 is 9.84 Å². The molecule has 7 heteroatoms. The summed E-state index contributed by atoms with van der Waals surface area (Å²) in [6.07, 6.45) is 0. The van der Waals surface area contributed by atoms with Crippen LogP contribution in [-0.2, 0) is 14.8 Å². The molecular weight excluding hydrogens is 294 g/mol. The van der Waals surface area contributed by atoms with Crippen LogP contribution in [0.2, 0.25) is 0 Å². The summed E-state index contributed by atoms with van der Waals surface area (Å²) in [5.41, 5.74) is 0. The average molecular weight is 315 g/mol. The van der Waals surface area contributed by atoms with E-state index in [9.17, 15) is 13.2 Å². The Morgan fingerprint density at radius 1 is 1.24 bits per heavy atom. The second-order valence-electron chi connectivity index (χ2n) is 5.23. The van der Waals surface area contributed by atoms with Crippen LogP contribution in [0, 0.1) is 11.8 Å². The number of carboxylic acid groups (broad SMARTS) is 1. The third-order valence-electron chi connectivity index (χ3n) is 3.23. The summed E-state index contributed by atoms with van der Waals surface area (Å²) >= 11 is 0. The van der Waals surface area contributed by atoms with Crippen molar-refractivity contribution in [1.82, 2.24) is 4.72 Å². The third-order valence-corrected chi connectivity index (χ3v) is 4.67. The maximum atomic E-state index is 12.1. The lowest BCUT2D eigenvalue weighted by Gasteiger charge is -2.16. The van der Waals surface area contributed by atoms with Crippen LogP contribution in [0.5, 0.6) is 5.75 Å². The van der Waals surface area contributed by atoms with Crippen molar-refractivity contribution in [1.29, 1.82) is 0 Å². The van der Waals surface area contributed by atoms with Crippen molar-refractivity contribution < 1.29 is 23.1 Å². The normalized spacial score (nSPS) is 13.1. The van der Waals surface area contributed by atoms with Crippen molar-refractivity contribution in [3.8, 4) is 5.75 Å². The van der Waals surface area contributed by atoms with Crippen LogP contribution >= 0.6 is 0 Å². The minimum absolute atomic E-state index is 0.126. The molecule has 0 aliphatic rings. The van der Waals surface area contributed by atoms with Gasteiger partial charge in [-0.05, 0) is 36.1 Å². The van der Waals surface area contributed by atoms with Gasteiger partial charge in [0.15, 0.2) is 6.61 Å². The molecule has 0 aliphatic heterocycles. The minimum Gasteiger partial charge on any atom is -0.482 e. The molecule has 1 rings (SSSR count). The highest BCUT2D eigenvalue weighted by Gasteiger charge is 2.16. The van der Waals surface area contributed by atoms with Gasteiger partial charge in [0.2, 0.25) is 10.0 Å². The number of sulfonamides is 1. The summed E-state index contributed by atoms with van der Waals surface area (Å²) < 4.78 is 31.7. The first-order valence-electron chi connectivity index (χ1n) is 6.66. The van der Waals surface area contributed by atoms with Crippen LogP contribution in [0.25, 0.3) is 0 Å². The monoisotopic (exact) mass is 315 g/mol. The lowest BCUT2D eigenvalue weighted by Crippen LogP contribution is -2.30. The molecule has 0 bridgehead atoms. The predicted molar refractivity (Wildman–Crippen MR) is 78.8 cm³/mol. The molecule has 0 aliphatic carbocycles. The molecular formula is C14H21NO5S. The first-order valence-corrected chi connectivity index (χ1v) is 8.15. The third kappa shape index (κ3) is 5.73. The van der Waals surface area contributed by atoms with E-state index in [1.54, 1.807) is 0 Å². The number of benzene rings is 1. The number of nitrogens with one attached hydrogen (secondary N) is 1. The van der Waals surface area contributed by atoms with Gasteiger partial charge in [-0.3, -0.25) is 0 Å². The van der Waals surface area contributed by atoms with E-state index >= 15 is 0 Å². The molecule has 0 heterocycles. The number of hydrogen-bond acceptors (Lipinski definition) is 4. The standard InChI is InChI=1S/C14H21NO5S/c1-10(2)11(3)8-15-21(18,19)13-6-4-12(5-7-13)20-9-14(16)17/h4-7,10-11,15H,8-9H2,1-3H3,(H,16,17). The molecule has 2 N–H and O–H groups in total. The second-order valence-corrected chi connectivity index (χ2v) is 6.99. The highest BCUT2D eigenvalue weighted by atomic mass is 32.2. The van der Waals surface area contributed by atoms with Crippen molar-refractivity contribution in [2.24, 2.45) is 11.8 Å². The van der Waals surface area contributed by atoms with Gasteiger partial charge >= 0.3 is 5.97 Å². The number of carbonyl (C=O) groups is 1. The van der Waals surface area contributed by atoms with Gasteiger partial charge in [-0.25, -0.2) is 17.9 Å². The van der Waals surface area contributed by atoms with E-state index in [0.29, 0.717) is 18.2 Å². The zero-order valence-corrected chi connectivity index (χ0v) is 13.2. The largest absolute Gasteiger partial charge is 0.482 e. The quantitative estimate of drug-likeness (QED) is 0.762. The summed E-state index contributed by atoms with van der Waals surface area (Å²) in [7, 11) is -3.56. The molecule has 1 aromatic rings. The van der Waals surface area contributed by atoms with E-state index in [1.807, 2.05) is 20.8 Å². The van der Waals surface area contributed by atoms with E-state index in [-0.39, 0.29) is 10.8 Å². The SMILES string of the molecule is CC(C)C(C)CNS(=O)(=O)c1ccc(OCC(=O)O)cc1. The van der Waals surface area contributed by atoms with Gasteiger partial charge in [-0.2, -0.15) is 0 Å². The second kappa shape index (κ2) is 7.42. The van der Waals surface area contributed by atoms with E-state index in [1.165, 1.54) is 24.3 Å². The Bertz CT molecular complexity index is 566. The summed E-state index contributed by atoms with van der Waals surface area (Å²) in [6.45, 7) is 5.96. The fourth-order valence-corrected chi connectivity index (χ4v) is 2.56. The van der Waals surface area contributed by atoms with Crippen LogP contribution < -0.4 is 9.46 Å². The Morgan fingerprint density at radius 2 is 1.81 bits per heavy atom. The van der Waals surface area contributed by atoms with Crippen LogP contribution in [-0.4, -0.2) is 32.6 Å². The first kappa shape index (κ1) is 17.5. The minimum atomic E-state index is -3.56. The van der Waals surface area contributed by atoms with Gasteiger partial charge in [0.25, 0.3) is 0 Å². The summed E-state index contributed by atoms with van der Waals surface area (Å²) in [6, 6.07) is 5.64. The van der Waals surface area contributed by atoms with E-state index < -0.39 is 22.6 Å². The van der Waals surface area contributed by atoms with Crippen molar-refractivity contribution >= 4 is 16.0 Å². The molecule has 1 unspecified atom stereocenters. The number of rotatable bonds is 8. The van der Waals surface area contributed by atoms with Crippen LogP contribution in [0.1, 0.15) is 20.8 Å². The topological polar surface area (TPSA) is 92.7 Å². The van der Waals surface area contributed by atoms with Crippen LogP contribution in [0.4, 0.5) is 0 Å². The van der Waals surface area contributed by atoms with E-state index in [0.717, 1.165) is 0 Å². The fraction of sp³-hybridized carbons (Fsp3) is 0.500. The maximum absolute atomic E-state index is 12.1. The number of ether oxygens (including phenoxy) is 1. The maximum Gasteiger partial charge on any atom is 0.341 e. The molecule has 0 amide bonds. The Balaban J connectivity index is 2.69. The molecule has 1 aromatic carbocycles. The molecule has 6 nitrogen and oxygen atoms in total. The highest BCUT2D eigenvalue weighted by Crippen LogP contribution is 2.16. The van der Waals surface area contributed by atoms with Gasteiger partial charge in [-0.15, -0.1) is 0 Å². The zero-order valence-electron chi connectivity index (χ0n) is 12.4. The average Bonchev–Trinajstić information content (AvgIpc) is 2.43. The Kier molecular flexibility index (Phi) is 6.17. The van der Waals surface area contributed by atoms with Gasteiger partial charge in [-0.1, -0.05) is 20.8 Å². The van der Waals surface area contributed by atoms with E-state index in [4.69, 9.17) is 9.84 Å². The van der Waals surface area contributed by atoms with Crippen molar-refractivity contribution in [3.05, 3.63) is 24.3 Å². The van der Waals surface area contributed by atoms with Gasteiger partial charge in [0, 0.05) is 6.54 Å².